The molecule has 2 N–H and O–H groups in total. The Balaban J connectivity index is 1.60. The Labute approximate surface area is 158 Å². The quantitative estimate of drug-likeness (QED) is 0.699. The van der Waals surface area contributed by atoms with Crippen molar-refractivity contribution >= 4 is 45.6 Å². The van der Waals surface area contributed by atoms with E-state index >= 15 is 0 Å². The van der Waals surface area contributed by atoms with E-state index in [1.54, 1.807) is 23.6 Å². The number of nitrogens with one attached hydrogen (secondary N) is 2. The zero-order valence-corrected chi connectivity index (χ0v) is 15.3. The lowest BCUT2D eigenvalue weighted by Crippen LogP contribution is -2.16. The highest BCUT2D eigenvalue weighted by Gasteiger charge is 2.13. The summed E-state index contributed by atoms with van der Waals surface area (Å²) in [7, 11) is 0. The predicted molar refractivity (Wildman–Crippen MR) is 101 cm³/mol. The van der Waals surface area contributed by atoms with Gasteiger partial charge in [0, 0.05) is 28.5 Å². The van der Waals surface area contributed by atoms with Gasteiger partial charge >= 0.3 is 0 Å². The van der Waals surface area contributed by atoms with E-state index in [9.17, 15) is 9.59 Å². The average molecular weight is 388 g/mol. The molecule has 0 atom stereocenters. The van der Waals surface area contributed by atoms with Gasteiger partial charge < -0.3 is 5.32 Å². The van der Waals surface area contributed by atoms with Crippen LogP contribution in [0.25, 0.3) is 0 Å². The van der Waals surface area contributed by atoms with Crippen molar-refractivity contribution in [3.8, 4) is 0 Å². The van der Waals surface area contributed by atoms with Crippen LogP contribution in [0.2, 0.25) is 5.02 Å². The molecule has 1 aromatic carbocycles. The van der Waals surface area contributed by atoms with Crippen LogP contribution in [0.4, 0.5) is 10.8 Å². The first-order valence-corrected chi connectivity index (χ1v) is 8.85. The number of aromatic nitrogens is 3. The fourth-order valence-corrected chi connectivity index (χ4v) is 3.00. The monoisotopic (exact) mass is 387 g/mol. The summed E-state index contributed by atoms with van der Waals surface area (Å²) >= 11 is 7.28. The molecule has 26 heavy (non-hydrogen) atoms. The second-order valence-corrected chi connectivity index (χ2v) is 6.59. The van der Waals surface area contributed by atoms with E-state index in [2.05, 4.69) is 25.6 Å². The molecule has 9 heteroatoms. The fourth-order valence-electron chi connectivity index (χ4n) is 2.12. The third kappa shape index (κ3) is 4.41. The average Bonchev–Trinajstić information content (AvgIpc) is 3.06. The molecule has 0 radical (unpaired) electrons. The zero-order chi connectivity index (χ0) is 18.5. The molecule has 2 amide bonds. The van der Waals surface area contributed by atoms with Crippen LogP contribution < -0.4 is 10.6 Å². The standard InChI is InChI=1S/C17H14ClN5O2S/c1-10-12(18)3-2-4-13(10)22-15(24)7-11-9-26-17(21-11)23-16(25)14-8-19-5-6-20-14/h2-6,8-9H,7H2,1H3,(H,22,24)(H,21,23,25). The zero-order valence-electron chi connectivity index (χ0n) is 13.7. The van der Waals surface area contributed by atoms with Crippen LogP contribution in [0.5, 0.6) is 0 Å². The fraction of sp³-hybridized carbons (Fsp3) is 0.118. The second-order valence-electron chi connectivity index (χ2n) is 5.33. The molecule has 0 bridgehead atoms. The molecule has 0 spiro atoms. The maximum absolute atomic E-state index is 12.2. The van der Waals surface area contributed by atoms with Crippen LogP contribution in [-0.4, -0.2) is 26.8 Å². The molecule has 7 nitrogen and oxygen atoms in total. The molecule has 0 saturated carbocycles. The number of rotatable bonds is 5. The minimum atomic E-state index is -0.405. The van der Waals surface area contributed by atoms with Crippen molar-refractivity contribution in [3.63, 3.8) is 0 Å². The first kappa shape index (κ1) is 18.0. The van der Waals surface area contributed by atoms with Gasteiger partial charge in [-0.05, 0) is 24.6 Å². The van der Waals surface area contributed by atoms with Gasteiger partial charge in [0.05, 0.1) is 18.3 Å². The number of nitrogens with zero attached hydrogens (tertiary/aromatic N) is 3. The van der Waals surface area contributed by atoms with Crippen LogP contribution in [-0.2, 0) is 11.2 Å². The number of carbonyl (C=O) groups is 2. The van der Waals surface area contributed by atoms with Crippen molar-refractivity contribution in [3.05, 3.63) is 64.1 Å². The van der Waals surface area contributed by atoms with Crippen molar-refractivity contribution in [2.24, 2.45) is 0 Å². The molecule has 0 fully saturated rings. The number of hydrogen-bond acceptors (Lipinski definition) is 6. The molecule has 3 aromatic rings. The van der Waals surface area contributed by atoms with E-state index in [0.29, 0.717) is 21.5 Å². The van der Waals surface area contributed by atoms with E-state index in [1.165, 1.54) is 29.9 Å². The minimum Gasteiger partial charge on any atom is -0.325 e. The summed E-state index contributed by atoms with van der Waals surface area (Å²) in [6, 6.07) is 5.32. The highest BCUT2D eigenvalue weighted by Crippen LogP contribution is 2.23. The first-order valence-electron chi connectivity index (χ1n) is 7.59. The normalized spacial score (nSPS) is 10.4. The van der Waals surface area contributed by atoms with E-state index in [-0.39, 0.29) is 18.0 Å². The van der Waals surface area contributed by atoms with E-state index < -0.39 is 5.91 Å². The minimum absolute atomic E-state index is 0.0868. The summed E-state index contributed by atoms with van der Waals surface area (Å²) in [4.78, 5) is 36.2. The first-order chi connectivity index (χ1) is 12.5. The number of anilines is 2. The third-order valence-electron chi connectivity index (χ3n) is 3.45. The molecular formula is C17H14ClN5O2S. The van der Waals surface area contributed by atoms with Crippen molar-refractivity contribution < 1.29 is 9.59 Å². The van der Waals surface area contributed by atoms with Gasteiger partial charge in [0.25, 0.3) is 5.91 Å². The summed E-state index contributed by atoms with van der Waals surface area (Å²) < 4.78 is 0. The third-order valence-corrected chi connectivity index (χ3v) is 4.67. The lowest BCUT2D eigenvalue weighted by Gasteiger charge is -2.08. The van der Waals surface area contributed by atoms with E-state index in [1.807, 2.05) is 6.92 Å². The van der Waals surface area contributed by atoms with Gasteiger partial charge in [0.15, 0.2) is 5.13 Å². The summed E-state index contributed by atoms with van der Waals surface area (Å²) in [6.07, 6.45) is 4.37. The van der Waals surface area contributed by atoms with Crippen molar-refractivity contribution in [2.75, 3.05) is 10.6 Å². The Bertz CT molecular complexity index is 945. The van der Waals surface area contributed by atoms with Gasteiger partial charge in [-0.1, -0.05) is 17.7 Å². The van der Waals surface area contributed by atoms with Gasteiger partial charge in [-0.25, -0.2) is 9.97 Å². The van der Waals surface area contributed by atoms with Crippen LogP contribution in [0, 0.1) is 6.92 Å². The lowest BCUT2D eigenvalue weighted by molar-refractivity contribution is -0.115. The number of benzene rings is 1. The predicted octanol–water partition coefficient (Wildman–Crippen LogP) is 3.33. The van der Waals surface area contributed by atoms with Crippen molar-refractivity contribution in [1.29, 1.82) is 0 Å². The molecule has 0 aliphatic heterocycles. The topological polar surface area (TPSA) is 96.9 Å². The van der Waals surface area contributed by atoms with Crippen LogP contribution in [0.3, 0.4) is 0 Å². The molecule has 2 heterocycles. The number of amides is 2. The van der Waals surface area contributed by atoms with Gasteiger partial charge in [-0.15, -0.1) is 11.3 Å². The maximum Gasteiger partial charge on any atom is 0.277 e. The van der Waals surface area contributed by atoms with E-state index in [0.717, 1.165) is 5.56 Å². The number of hydrogen-bond donors (Lipinski definition) is 2. The highest BCUT2D eigenvalue weighted by molar-refractivity contribution is 7.14. The Morgan fingerprint density at radius 1 is 1.23 bits per heavy atom. The number of carbonyl (C=O) groups excluding carboxylic acids is 2. The largest absolute Gasteiger partial charge is 0.325 e. The summed E-state index contributed by atoms with van der Waals surface area (Å²) in [5.41, 5.74) is 2.21. The molecule has 0 saturated heterocycles. The summed E-state index contributed by atoms with van der Waals surface area (Å²) in [6.45, 7) is 1.83. The van der Waals surface area contributed by atoms with Crippen molar-refractivity contribution in [2.45, 2.75) is 13.3 Å². The van der Waals surface area contributed by atoms with Crippen molar-refractivity contribution in [1.82, 2.24) is 15.0 Å². The molecule has 2 aromatic heterocycles. The molecule has 0 aliphatic carbocycles. The van der Waals surface area contributed by atoms with Gasteiger partial charge in [0.1, 0.15) is 5.69 Å². The Morgan fingerprint density at radius 2 is 2.08 bits per heavy atom. The van der Waals surface area contributed by atoms with Gasteiger partial charge in [0.2, 0.25) is 5.91 Å². The summed E-state index contributed by atoms with van der Waals surface area (Å²) in [5.74, 6) is -0.620. The molecular weight excluding hydrogens is 374 g/mol. The molecule has 3 rings (SSSR count). The molecule has 0 unspecified atom stereocenters. The van der Waals surface area contributed by atoms with Crippen LogP contribution in [0.1, 0.15) is 21.7 Å². The Morgan fingerprint density at radius 3 is 2.85 bits per heavy atom. The number of halogens is 1. The lowest BCUT2D eigenvalue weighted by atomic mass is 10.2. The van der Waals surface area contributed by atoms with E-state index in [4.69, 9.17) is 11.6 Å². The Hall–Kier alpha value is -2.84. The van der Waals surface area contributed by atoms with Gasteiger partial charge in [-0.3, -0.25) is 19.9 Å². The van der Waals surface area contributed by atoms with Gasteiger partial charge in [-0.2, -0.15) is 0 Å². The summed E-state index contributed by atoms with van der Waals surface area (Å²) in [5, 5.41) is 8.14. The SMILES string of the molecule is Cc1c(Cl)cccc1NC(=O)Cc1csc(NC(=O)c2cnccn2)n1. The van der Waals surface area contributed by atoms with Crippen LogP contribution in [0.15, 0.2) is 42.2 Å². The smallest absolute Gasteiger partial charge is 0.277 e. The maximum atomic E-state index is 12.2. The molecule has 0 aliphatic rings. The number of thiazole rings is 1. The highest BCUT2D eigenvalue weighted by atomic mass is 35.5. The Kier molecular flexibility index (Phi) is 5.55. The molecule has 132 valence electrons. The second kappa shape index (κ2) is 8.03. The van der Waals surface area contributed by atoms with Crippen LogP contribution >= 0.6 is 22.9 Å².